The lowest BCUT2D eigenvalue weighted by atomic mass is 10.00. The summed E-state index contributed by atoms with van der Waals surface area (Å²) >= 11 is 1.45. The van der Waals surface area contributed by atoms with E-state index < -0.39 is 5.54 Å². The first-order valence-corrected chi connectivity index (χ1v) is 13.3. The molecule has 2 amide bonds. The maximum atomic E-state index is 13.3. The van der Waals surface area contributed by atoms with Crippen LogP contribution < -0.4 is 15.8 Å². The van der Waals surface area contributed by atoms with Crippen molar-refractivity contribution in [2.24, 2.45) is 5.92 Å². The molecule has 3 aromatic rings. The van der Waals surface area contributed by atoms with Crippen molar-refractivity contribution in [1.29, 1.82) is 0 Å². The van der Waals surface area contributed by atoms with Crippen LogP contribution in [-0.4, -0.2) is 62.4 Å². The van der Waals surface area contributed by atoms with Gasteiger partial charge in [0.1, 0.15) is 5.56 Å². The van der Waals surface area contributed by atoms with Crippen LogP contribution in [0.15, 0.2) is 24.4 Å². The van der Waals surface area contributed by atoms with Crippen LogP contribution in [0.25, 0.3) is 16.9 Å². The summed E-state index contributed by atoms with van der Waals surface area (Å²) in [5.74, 6) is 0.461. The number of aromatic nitrogens is 3. The number of hydrogen-bond acceptors (Lipinski definition) is 8. The van der Waals surface area contributed by atoms with Gasteiger partial charge in [0, 0.05) is 30.6 Å². The van der Waals surface area contributed by atoms with Crippen LogP contribution in [0.5, 0.6) is 0 Å². The number of benzene rings is 1. The minimum absolute atomic E-state index is 0.0758. The SMILES string of the molecule is CSNc1cc(-c2ccn3nc(N)c(C(=O)NC4(C)COC4)c3n2)cc2c1C(=O)N(C(C)C1CC1)C2. The third-order valence-electron chi connectivity index (χ3n) is 7.33. The van der Waals surface area contributed by atoms with E-state index >= 15 is 0 Å². The zero-order valence-electron chi connectivity index (χ0n) is 20.5. The molecule has 1 atom stereocenters. The number of nitrogens with one attached hydrogen (secondary N) is 2. The lowest BCUT2D eigenvalue weighted by Crippen LogP contribution is -2.59. The third-order valence-corrected chi connectivity index (χ3v) is 7.76. The number of carbonyl (C=O) groups is 2. The number of amides is 2. The van der Waals surface area contributed by atoms with Crippen molar-refractivity contribution >= 4 is 40.9 Å². The number of nitrogens with zero attached hydrogens (tertiary/aromatic N) is 4. The molecule has 1 unspecified atom stereocenters. The fraction of sp³-hybridized carbons (Fsp3) is 0.440. The molecule has 3 aliphatic rings. The number of carbonyl (C=O) groups excluding carboxylic acids is 2. The summed E-state index contributed by atoms with van der Waals surface area (Å²) in [6.07, 6.45) is 6.05. The molecule has 6 rings (SSSR count). The van der Waals surface area contributed by atoms with E-state index in [-0.39, 0.29) is 29.2 Å². The smallest absolute Gasteiger partial charge is 0.259 e. The Bertz CT molecular complexity index is 1400. The first-order valence-electron chi connectivity index (χ1n) is 12.1. The van der Waals surface area contributed by atoms with Gasteiger partial charge in [0.2, 0.25) is 0 Å². The maximum absolute atomic E-state index is 13.3. The van der Waals surface area contributed by atoms with Crippen LogP contribution >= 0.6 is 11.9 Å². The van der Waals surface area contributed by atoms with Crippen LogP contribution in [0.4, 0.5) is 11.5 Å². The molecule has 2 aliphatic heterocycles. The number of anilines is 2. The van der Waals surface area contributed by atoms with E-state index in [1.54, 1.807) is 6.20 Å². The van der Waals surface area contributed by atoms with Crippen LogP contribution in [0.3, 0.4) is 0 Å². The van der Waals surface area contributed by atoms with E-state index in [1.807, 2.05) is 36.3 Å². The fourth-order valence-corrected chi connectivity index (χ4v) is 5.50. The number of nitrogens with two attached hydrogens (primary N) is 1. The molecule has 4 N–H and O–H groups in total. The standard InChI is InChI=1S/C25H29N7O3S/c1-13(14-4-5-14)31-10-16-8-15(9-18(30-36-3)19(16)24(31)34)17-6-7-32-22(27-17)20(21(26)29-32)23(33)28-25(2)11-35-12-25/h6-9,13-14,30H,4-5,10-12H2,1-3H3,(H2,26,29)(H,28,33). The van der Waals surface area contributed by atoms with Gasteiger partial charge >= 0.3 is 0 Å². The Morgan fingerprint density at radius 2 is 2.11 bits per heavy atom. The van der Waals surface area contributed by atoms with Crippen molar-refractivity contribution < 1.29 is 14.3 Å². The van der Waals surface area contributed by atoms with E-state index in [4.69, 9.17) is 15.5 Å². The predicted octanol–water partition coefficient (Wildman–Crippen LogP) is 2.94. The van der Waals surface area contributed by atoms with Gasteiger partial charge in [0.25, 0.3) is 11.8 Å². The fourth-order valence-electron chi connectivity index (χ4n) is 5.12. The van der Waals surface area contributed by atoms with Crippen LogP contribution in [-0.2, 0) is 11.3 Å². The Balaban J connectivity index is 1.39. The van der Waals surface area contributed by atoms with Crippen LogP contribution in [0.1, 0.15) is 53.0 Å². The molecule has 0 spiro atoms. The summed E-state index contributed by atoms with van der Waals surface area (Å²) in [7, 11) is 0. The van der Waals surface area contributed by atoms with Crippen molar-refractivity contribution in [3.05, 3.63) is 41.1 Å². The van der Waals surface area contributed by atoms with E-state index in [9.17, 15) is 9.59 Å². The Morgan fingerprint density at radius 3 is 2.78 bits per heavy atom. The average Bonchev–Trinajstić information content (AvgIpc) is 3.55. The third kappa shape index (κ3) is 3.77. The summed E-state index contributed by atoms with van der Waals surface area (Å²) in [5.41, 5.74) is 10.3. The predicted molar refractivity (Wildman–Crippen MR) is 139 cm³/mol. The van der Waals surface area contributed by atoms with Crippen molar-refractivity contribution in [3.8, 4) is 11.3 Å². The second kappa shape index (κ2) is 8.38. The van der Waals surface area contributed by atoms with E-state index in [0.717, 1.165) is 22.4 Å². The first kappa shape index (κ1) is 23.1. The van der Waals surface area contributed by atoms with Gasteiger partial charge in [-0.25, -0.2) is 9.50 Å². The highest BCUT2D eigenvalue weighted by Gasteiger charge is 2.40. The molecular weight excluding hydrogens is 478 g/mol. The van der Waals surface area contributed by atoms with Gasteiger partial charge in [0.15, 0.2) is 11.5 Å². The summed E-state index contributed by atoms with van der Waals surface area (Å²) < 4.78 is 10.1. The summed E-state index contributed by atoms with van der Waals surface area (Å²) in [6.45, 7) is 5.55. The molecule has 36 heavy (non-hydrogen) atoms. The van der Waals surface area contributed by atoms with Crippen molar-refractivity contribution in [1.82, 2.24) is 24.8 Å². The van der Waals surface area contributed by atoms with Crippen LogP contribution in [0, 0.1) is 5.92 Å². The van der Waals surface area contributed by atoms with Crippen molar-refractivity contribution in [2.75, 3.05) is 29.9 Å². The first-order chi connectivity index (χ1) is 17.3. The highest BCUT2D eigenvalue weighted by Crippen LogP contribution is 2.41. The van der Waals surface area contributed by atoms with Gasteiger partial charge in [0.05, 0.1) is 35.7 Å². The molecule has 2 aromatic heterocycles. The molecule has 11 heteroatoms. The Labute approximate surface area is 213 Å². The zero-order chi connectivity index (χ0) is 25.2. The quantitative estimate of drug-likeness (QED) is 0.417. The molecule has 0 radical (unpaired) electrons. The van der Waals surface area contributed by atoms with Crippen LogP contribution in [0.2, 0.25) is 0 Å². The number of fused-ring (bicyclic) bond motifs is 2. The zero-order valence-corrected chi connectivity index (χ0v) is 21.3. The molecule has 188 valence electrons. The molecule has 1 aromatic carbocycles. The summed E-state index contributed by atoms with van der Waals surface area (Å²) in [4.78, 5) is 33.2. The molecule has 0 bridgehead atoms. The van der Waals surface area contributed by atoms with Gasteiger partial charge < -0.3 is 25.4 Å². The van der Waals surface area contributed by atoms with E-state index in [0.29, 0.717) is 37.0 Å². The van der Waals surface area contributed by atoms with Crippen molar-refractivity contribution in [2.45, 2.75) is 44.8 Å². The molecule has 4 heterocycles. The second-order valence-corrected chi connectivity index (χ2v) is 10.8. The lowest BCUT2D eigenvalue weighted by molar-refractivity contribution is -0.0593. The molecule has 10 nitrogen and oxygen atoms in total. The van der Waals surface area contributed by atoms with E-state index in [2.05, 4.69) is 22.1 Å². The molecular formula is C25H29N7O3S. The van der Waals surface area contributed by atoms with Gasteiger partial charge in [-0.1, -0.05) is 11.9 Å². The summed E-state index contributed by atoms with van der Waals surface area (Å²) in [5, 5.41) is 7.27. The van der Waals surface area contributed by atoms with Gasteiger partial charge in [-0.3, -0.25) is 9.59 Å². The van der Waals surface area contributed by atoms with Crippen molar-refractivity contribution in [3.63, 3.8) is 0 Å². The molecule has 1 saturated carbocycles. The topological polar surface area (TPSA) is 127 Å². The van der Waals surface area contributed by atoms with Gasteiger partial charge in [-0.05, 0) is 56.4 Å². The number of hydrogen-bond donors (Lipinski definition) is 3. The number of ether oxygens (including phenoxy) is 1. The van der Waals surface area contributed by atoms with Gasteiger partial charge in [-0.15, -0.1) is 5.10 Å². The Hall–Kier alpha value is -3.31. The maximum Gasteiger partial charge on any atom is 0.259 e. The molecule has 1 aliphatic carbocycles. The second-order valence-electron chi connectivity index (χ2n) is 10.2. The minimum Gasteiger partial charge on any atom is -0.381 e. The molecule has 1 saturated heterocycles. The summed E-state index contributed by atoms with van der Waals surface area (Å²) in [6, 6.07) is 6.05. The normalized spacial score (nSPS) is 19.2. The monoisotopic (exact) mass is 507 g/mol. The minimum atomic E-state index is -0.427. The van der Waals surface area contributed by atoms with Gasteiger partial charge in [-0.2, -0.15) is 0 Å². The number of nitrogen functional groups attached to an aromatic ring is 1. The average molecular weight is 508 g/mol. The highest BCUT2D eigenvalue weighted by atomic mass is 32.2. The Morgan fingerprint density at radius 1 is 1.33 bits per heavy atom. The Kier molecular flexibility index (Phi) is 5.38. The molecule has 2 fully saturated rings. The lowest BCUT2D eigenvalue weighted by Gasteiger charge is -2.38. The number of rotatable bonds is 7. The highest BCUT2D eigenvalue weighted by molar-refractivity contribution is 7.99. The van der Waals surface area contributed by atoms with E-state index in [1.165, 1.54) is 29.3 Å². The largest absolute Gasteiger partial charge is 0.381 e.